The summed E-state index contributed by atoms with van der Waals surface area (Å²) in [6, 6.07) is 9.74. The molecular formula is C16H20O2. The molecule has 0 spiro atoms. The van der Waals surface area contributed by atoms with Gasteiger partial charge in [0.2, 0.25) is 0 Å². The lowest BCUT2D eigenvalue weighted by Crippen LogP contribution is -2.18. The highest BCUT2D eigenvalue weighted by Gasteiger charge is 2.12. The Morgan fingerprint density at radius 3 is 2.83 bits per heavy atom. The molecule has 1 atom stereocenters. The van der Waals surface area contributed by atoms with Crippen molar-refractivity contribution in [2.24, 2.45) is 0 Å². The van der Waals surface area contributed by atoms with E-state index in [4.69, 9.17) is 4.74 Å². The molecule has 96 valence electrons. The highest BCUT2D eigenvalue weighted by molar-refractivity contribution is 5.72. The molecule has 1 aliphatic rings. The maximum Gasteiger partial charge on any atom is 0.310 e. The van der Waals surface area contributed by atoms with Crippen LogP contribution >= 0.6 is 0 Å². The van der Waals surface area contributed by atoms with Crippen LogP contribution in [0.4, 0.5) is 0 Å². The molecule has 2 rings (SSSR count). The van der Waals surface area contributed by atoms with Crippen molar-refractivity contribution < 1.29 is 9.53 Å². The summed E-state index contributed by atoms with van der Waals surface area (Å²) in [6.45, 7) is 0. The second-order valence-electron chi connectivity index (χ2n) is 4.76. The number of carbonyl (C=O) groups is 1. The zero-order valence-electron chi connectivity index (χ0n) is 10.7. The fourth-order valence-corrected chi connectivity index (χ4v) is 2.20. The maximum atomic E-state index is 11.8. The summed E-state index contributed by atoms with van der Waals surface area (Å²) < 4.78 is 5.51. The summed E-state index contributed by atoms with van der Waals surface area (Å²) in [6.07, 6.45) is 10.2. The molecule has 1 aromatic carbocycles. The van der Waals surface area contributed by atoms with Gasteiger partial charge in [-0.25, -0.2) is 0 Å². The minimum absolute atomic E-state index is 0.0264. The quantitative estimate of drug-likeness (QED) is 0.599. The van der Waals surface area contributed by atoms with Gasteiger partial charge in [-0.1, -0.05) is 42.8 Å². The van der Waals surface area contributed by atoms with E-state index in [-0.39, 0.29) is 12.1 Å². The minimum atomic E-state index is -0.128. The maximum absolute atomic E-state index is 11.8. The van der Waals surface area contributed by atoms with Gasteiger partial charge in [0.15, 0.2) is 0 Å². The number of hydrogen-bond donors (Lipinski definition) is 0. The van der Waals surface area contributed by atoms with Crippen LogP contribution in [0.25, 0.3) is 0 Å². The molecule has 0 N–H and O–H groups in total. The lowest BCUT2D eigenvalue weighted by atomic mass is 10.0. The summed E-state index contributed by atoms with van der Waals surface area (Å²) in [7, 11) is 0. The molecule has 1 aromatic rings. The van der Waals surface area contributed by atoms with Crippen molar-refractivity contribution in [3.8, 4) is 0 Å². The summed E-state index contributed by atoms with van der Waals surface area (Å²) in [5, 5.41) is 0. The zero-order chi connectivity index (χ0) is 12.6. The van der Waals surface area contributed by atoms with E-state index in [1.54, 1.807) is 0 Å². The van der Waals surface area contributed by atoms with Crippen LogP contribution in [-0.2, 0) is 16.0 Å². The van der Waals surface area contributed by atoms with Crippen LogP contribution in [0.1, 0.15) is 37.7 Å². The molecule has 0 heterocycles. The highest BCUT2D eigenvalue weighted by atomic mass is 16.5. The van der Waals surface area contributed by atoms with Crippen molar-refractivity contribution in [3.05, 3.63) is 48.0 Å². The van der Waals surface area contributed by atoms with E-state index in [1.165, 1.54) is 12.8 Å². The second-order valence-corrected chi connectivity index (χ2v) is 4.76. The van der Waals surface area contributed by atoms with E-state index in [1.807, 2.05) is 36.4 Å². The number of carbonyl (C=O) groups excluding carboxylic acids is 1. The molecule has 18 heavy (non-hydrogen) atoms. The zero-order valence-corrected chi connectivity index (χ0v) is 10.7. The van der Waals surface area contributed by atoms with Crippen LogP contribution in [0, 0.1) is 0 Å². The fourth-order valence-electron chi connectivity index (χ4n) is 2.20. The van der Waals surface area contributed by atoms with Gasteiger partial charge in [-0.05, 0) is 37.3 Å². The lowest BCUT2D eigenvalue weighted by Gasteiger charge is -2.16. The SMILES string of the molecule is O=C(Cc1ccccc1)OC1C=CCCCCC1. The Bertz CT molecular complexity index is 395. The predicted molar refractivity (Wildman–Crippen MR) is 72.3 cm³/mol. The Hall–Kier alpha value is -1.57. The topological polar surface area (TPSA) is 26.3 Å². The predicted octanol–water partition coefficient (Wildman–Crippen LogP) is 3.66. The van der Waals surface area contributed by atoms with E-state index in [9.17, 15) is 4.79 Å². The first-order chi connectivity index (χ1) is 8.84. The average molecular weight is 244 g/mol. The Labute approximate surface area is 109 Å². The van der Waals surface area contributed by atoms with Gasteiger partial charge in [-0.15, -0.1) is 0 Å². The van der Waals surface area contributed by atoms with Gasteiger partial charge in [0, 0.05) is 0 Å². The number of ether oxygens (including phenoxy) is 1. The largest absolute Gasteiger partial charge is 0.458 e. The van der Waals surface area contributed by atoms with Gasteiger partial charge >= 0.3 is 5.97 Å². The van der Waals surface area contributed by atoms with Crippen LogP contribution < -0.4 is 0 Å². The van der Waals surface area contributed by atoms with E-state index in [2.05, 4.69) is 6.08 Å². The monoisotopic (exact) mass is 244 g/mol. The first-order valence-corrected chi connectivity index (χ1v) is 6.74. The Morgan fingerprint density at radius 1 is 1.17 bits per heavy atom. The molecule has 0 radical (unpaired) electrons. The van der Waals surface area contributed by atoms with Crippen LogP contribution in [0.2, 0.25) is 0 Å². The van der Waals surface area contributed by atoms with Crippen LogP contribution in [-0.4, -0.2) is 12.1 Å². The number of esters is 1. The van der Waals surface area contributed by atoms with Crippen LogP contribution in [0.5, 0.6) is 0 Å². The van der Waals surface area contributed by atoms with E-state index in [0.29, 0.717) is 6.42 Å². The first kappa shape index (κ1) is 12.9. The third kappa shape index (κ3) is 4.36. The summed E-state index contributed by atoms with van der Waals surface area (Å²) >= 11 is 0. The van der Waals surface area contributed by atoms with Crippen molar-refractivity contribution in [2.45, 2.75) is 44.6 Å². The van der Waals surface area contributed by atoms with E-state index in [0.717, 1.165) is 24.8 Å². The summed E-state index contributed by atoms with van der Waals surface area (Å²) in [5.74, 6) is -0.128. The lowest BCUT2D eigenvalue weighted by molar-refractivity contribution is -0.146. The molecule has 1 unspecified atom stereocenters. The average Bonchev–Trinajstić information content (AvgIpc) is 2.34. The van der Waals surface area contributed by atoms with E-state index >= 15 is 0 Å². The molecule has 0 amide bonds. The molecule has 0 bridgehead atoms. The first-order valence-electron chi connectivity index (χ1n) is 6.74. The summed E-state index contributed by atoms with van der Waals surface area (Å²) in [5.41, 5.74) is 1.01. The summed E-state index contributed by atoms with van der Waals surface area (Å²) in [4.78, 5) is 11.8. The Balaban J connectivity index is 1.84. The van der Waals surface area contributed by atoms with Crippen molar-refractivity contribution in [3.63, 3.8) is 0 Å². The molecule has 0 aliphatic heterocycles. The molecule has 1 aliphatic carbocycles. The fraction of sp³-hybridized carbons (Fsp3) is 0.438. The molecular weight excluding hydrogens is 224 g/mol. The number of benzene rings is 1. The van der Waals surface area contributed by atoms with Crippen LogP contribution in [0.15, 0.2) is 42.5 Å². The molecule has 0 aromatic heterocycles. The van der Waals surface area contributed by atoms with Crippen molar-refractivity contribution in [2.75, 3.05) is 0 Å². The van der Waals surface area contributed by atoms with Gasteiger partial charge in [-0.2, -0.15) is 0 Å². The van der Waals surface area contributed by atoms with Crippen LogP contribution in [0.3, 0.4) is 0 Å². The highest BCUT2D eigenvalue weighted by Crippen LogP contribution is 2.15. The molecule has 2 nitrogen and oxygen atoms in total. The van der Waals surface area contributed by atoms with Crippen molar-refractivity contribution >= 4 is 5.97 Å². The third-order valence-corrected chi connectivity index (χ3v) is 3.18. The van der Waals surface area contributed by atoms with Gasteiger partial charge in [0.25, 0.3) is 0 Å². The van der Waals surface area contributed by atoms with Gasteiger partial charge in [0.05, 0.1) is 6.42 Å². The minimum Gasteiger partial charge on any atom is -0.458 e. The molecule has 2 heteroatoms. The normalized spacial score (nSPS) is 19.9. The molecule has 0 fully saturated rings. The Morgan fingerprint density at radius 2 is 2.00 bits per heavy atom. The Kier molecular flexibility index (Phi) is 5.00. The smallest absolute Gasteiger partial charge is 0.310 e. The number of allylic oxidation sites excluding steroid dienone is 1. The van der Waals surface area contributed by atoms with E-state index < -0.39 is 0 Å². The number of hydrogen-bond acceptors (Lipinski definition) is 2. The van der Waals surface area contributed by atoms with Crippen molar-refractivity contribution in [1.82, 2.24) is 0 Å². The third-order valence-electron chi connectivity index (χ3n) is 3.18. The van der Waals surface area contributed by atoms with Gasteiger partial charge in [-0.3, -0.25) is 4.79 Å². The number of rotatable bonds is 3. The van der Waals surface area contributed by atoms with Crippen molar-refractivity contribution in [1.29, 1.82) is 0 Å². The molecule has 0 saturated carbocycles. The van der Waals surface area contributed by atoms with Gasteiger partial charge < -0.3 is 4.74 Å². The van der Waals surface area contributed by atoms with Gasteiger partial charge in [0.1, 0.15) is 6.10 Å². The second kappa shape index (κ2) is 7.00. The molecule has 0 saturated heterocycles. The standard InChI is InChI=1S/C16H20O2/c17-16(13-14-9-5-4-6-10-14)18-15-11-7-2-1-3-8-12-15/h4-7,9-11,15H,1-3,8,12-13H2.